The fourth-order valence-corrected chi connectivity index (χ4v) is 2.59. The summed E-state index contributed by atoms with van der Waals surface area (Å²) in [6, 6.07) is 14.8. The lowest BCUT2D eigenvalue weighted by atomic mass is 10.1. The molecule has 2 aromatic carbocycles. The zero-order valence-corrected chi connectivity index (χ0v) is 11.2. The third kappa shape index (κ3) is 1.92. The van der Waals surface area contributed by atoms with Crippen LogP contribution in [0, 0.1) is 0 Å². The van der Waals surface area contributed by atoms with Crippen LogP contribution in [-0.2, 0) is 11.3 Å². The van der Waals surface area contributed by atoms with Crippen molar-refractivity contribution < 1.29 is 9.58 Å². The molecule has 1 aliphatic heterocycles. The number of benzene rings is 2. The average molecular weight is 284 g/mol. The quantitative estimate of drug-likeness (QED) is 0.617. The number of nitrogens with zero attached hydrogens (tertiary/aromatic N) is 3. The minimum Gasteiger partial charge on any atom is -0.361 e. The first-order chi connectivity index (χ1) is 9.72. The van der Waals surface area contributed by atoms with E-state index in [1.807, 2.05) is 30.3 Å². The van der Waals surface area contributed by atoms with E-state index in [0.29, 0.717) is 22.8 Å². The standard InChI is InChI=1S/C15H10ClN3O/c16-11-7-4-8-12-13(11)14(18-17)15(20)19(12)9-10-5-2-1-3-6-10/h1-8H,9H2. The zero-order valence-electron chi connectivity index (χ0n) is 10.5. The van der Waals surface area contributed by atoms with Gasteiger partial charge in [-0.2, -0.15) is 4.79 Å². The lowest BCUT2D eigenvalue weighted by Gasteiger charge is -2.15. The van der Waals surface area contributed by atoms with Crippen molar-refractivity contribution in [1.82, 2.24) is 0 Å². The number of rotatable bonds is 2. The number of halogens is 1. The van der Waals surface area contributed by atoms with Gasteiger partial charge in [0, 0.05) is 0 Å². The SMILES string of the molecule is [N-]=[N+]=C1C(=O)N(Cc2ccccc2)c2cccc(Cl)c21. The van der Waals surface area contributed by atoms with E-state index >= 15 is 0 Å². The molecule has 0 N–H and O–H groups in total. The summed E-state index contributed by atoms with van der Waals surface area (Å²) in [5.41, 5.74) is 11.2. The first-order valence-corrected chi connectivity index (χ1v) is 6.47. The summed E-state index contributed by atoms with van der Waals surface area (Å²) in [6.07, 6.45) is 0. The van der Waals surface area contributed by atoms with Gasteiger partial charge in [0.25, 0.3) is 0 Å². The van der Waals surface area contributed by atoms with Crippen LogP contribution in [0.3, 0.4) is 0 Å². The van der Waals surface area contributed by atoms with Crippen LogP contribution in [-0.4, -0.2) is 16.4 Å². The molecule has 5 heteroatoms. The first kappa shape index (κ1) is 12.6. The van der Waals surface area contributed by atoms with Crippen molar-refractivity contribution in [2.45, 2.75) is 6.54 Å². The average Bonchev–Trinajstić information content (AvgIpc) is 2.74. The summed E-state index contributed by atoms with van der Waals surface area (Å²) >= 11 is 6.11. The molecule has 4 nitrogen and oxygen atoms in total. The Kier molecular flexibility index (Phi) is 3.11. The molecule has 0 aromatic heterocycles. The summed E-state index contributed by atoms with van der Waals surface area (Å²) in [5, 5.41) is 0.402. The number of hydrogen-bond donors (Lipinski definition) is 0. The van der Waals surface area contributed by atoms with Crippen LogP contribution in [0.15, 0.2) is 48.5 Å². The Labute approximate surface area is 120 Å². The van der Waals surface area contributed by atoms with Crippen LogP contribution in [0.1, 0.15) is 11.1 Å². The highest BCUT2D eigenvalue weighted by Crippen LogP contribution is 2.34. The molecule has 0 saturated carbocycles. The van der Waals surface area contributed by atoms with E-state index in [-0.39, 0.29) is 11.6 Å². The molecule has 1 amide bonds. The van der Waals surface area contributed by atoms with Crippen LogP contribution < -0.4 is 4.90 Å². The minimum absolute atomic E-state index is 0.0125. The normalized spacial score (nSPS) is 13.3. The second-order valence-corrected chi connectivity index (χ2v) is 4.87. The highest BCUT2D eigenvalue weighted by Gasteiger charge is 2.42. The topological polar surface area (TPSA) is 56.7 Å². The molecule has 0 radical (unpaired) electrons. The third-order valence-electron chi connectivity index (χ3n) is 3.25. The summed E-state index contributed by atoms with van der Waals surface area (Å²) in [5.74, 6) is -0.348. The monoisotopic (exact) mass is 283 g/mol. The molecule has 0 unspecified atom stereocenters. The number of carbonyl (C=O) groups is 1. The lowest BCUT2D eigenvalue weighted by Crippen LogP contribution is -2.29. The van der Waals surface area contributed by atoms with E-state index in [1.54, 1.807) is 23.1 Å². The lowest BCUT2D eigenvalue weighted by molar-refractivity contribution is -0.116. The Balaban J connectivity index is 2.08. The zero-order chi connectivity index (χ0) is 14.1. The van der Waals surface area contributed by atoms with Crippen LogP contribution >= 0.6 is 11.6 Å². The van der Waals surface area contributed by atoms with E-state index in [2.05, 4.69) is 4.79 Å². The Morgan fingerprint density at radius 3 is 2.55 bits per heavy atom. The Bertz CT molecular complexity index is 736. The maximum atomic E-state index is 12.3. The summed E-state index contributed by atoms with van der Waals surface area (Å²) in [7, 11) is 0. The molecular weight excluding hydrogens is 274 g/mol. The van der Waals surface area contributed by atoms with Crippen molar-refractivity contribution in [2.75, 3.05) is 4.90 Å². The molecule has 3 rings (SSSR count). The molecule has 0 atom stereocenters. The molecule has 1 aliphatic rings. The van der Waals surface area contributed by atoms with E-state index in [4.69, 9.17) is 17.1 Å². The first-order valence-electron chi connectivity index (χ1n) is 6.09. The molecule has 20 heavy (non-hydrogen) atoms. The van der Waals surface area contributed by atoms with E-state index < -0.39 is 0 Å². The van der Waals surface area contributed by atoms with E-state index in [0.717, 1.165) is 5.56 Å². The van der Waals surface area contributed by atoms with Crippen LogP contribution in [0.4, 0.5) is 5.69 Å². The van der Waals surface area contributed by atoms with Gasteiger partial charge < -0.3 is 5.53 Å². The van der Waals surface area contributed by atoms with Gasteiger partial charge in [-0.05, 0) is 17.7 Å². The number of fused-ring (bicyclic) bond motifs is 1. The van der Waals surface area contributed by atoms with Gasteiger partial charge in [-0.25, -0.2) is 0 Å². The third-order valence-corrected chi connectivity index (χ3v) is 3.57. The van der Waals surface area contributed by atoms with Crippen molar-refractivity contribution in [2.24, 2.45) is 0 Å². The molecule has 0 aliphatic carbocycles. The van der Waals surface area contributed by atoms with Gasteiger partial charge in [0.1, 0.15) is 5.56 Å². The molecule has 0 bridgehead atoms. The highest BCUT2D eigenvalue weighted by atomic mass is 35.5. The van der Waals surface area contributed by atoms with Gasteiger partial charge in [0.2, 0.25) is 0 Å². The van der Waals surface area contributed by atoms with Gasteiger partial charge in [0.05, 0.1) is 17.3 Å². The fraction of sp³-hybridized carbons (Fsp3) is 0.0667. The number of carbonyl (C=O) groups excluding carboxylic acids is 1. The second-order valence-electron chi connectivity index (χ2n) is 4.46. The maximum absolute atomic E-state index is 12.3. The van der Waals surface area contributed by atoms with Crippen LogP contribution in [0.5, 0.6) is 0 Å². The van der Waals surface area contributed by atoms with Crippen molar-refractivity contribution in [1.29, 1.82) is 0 Å². The number of amides is 1. The second kappa shape index (κ2) is 4.93. The predicted molar refractivity (Wildman–Crippen MR) is 76.8 cm³/mol. The van der Waals surface area contributed by atoms with Gasteiger partial charge in [-0.3, -0.25) is 9.69 Å². The highest BCUT2D eigenvalue weighted by molar-refractivity contribution is 6.55. The Morgan fingerprint density at radius 1 is 1.10 bits per heavy atom. The fourth-order valence-electron chi connectivity index (χ4n) is 2.33. The van der Waals surface area contributed by atoms with Crippen molar-refractivity contribution >= 4 is 28.9 Å². The van der Waals surface area contributed by atoms with Gasteiger partial charge in [-0.15, -0.1) is 0 Å². The van der Waals surface area contributed by atoms with Crippen molar-refractivity contribution in [3.8, 4) is 0 Å². The van der Waals surface area contributed by atoms with Crippen LogP contribution in [0.25, 0.3) is 5.53 Å². The van der Waals surface area contributed by atoms with Gasteiger partial charge in [-0.1, -0.05) is 48.0 Å². The van der Waals surface area contributed by atoms with E-state index in [9.17, 15) is 4.79 Å². The van der Waals surface area contributed by atoms with Crippen molar-refractivity contribution in [3.63, 3.8) is 0 Å². The largest absolute Gasteiger partial charge is 0.390 e. The predicted octanol–water partition coefficient (Wildman–Crippen LogP) is 2.91. The molecular formula is C15H10ClN3O. The molecule has 1 heterocycles. The van der Waals surface area contributed by atoms with Gasteiger partial charge >= 0.3 is 11.6 Å². The van der Waals surface area contributed by atoms with Crippen LogP contribution in [0.2, 0.25) is 5.02 Å². The molecule has 0 saturated heterocycles. The smallest absolute Gasteiger partial charge is 0.361 e. The molecule has 2 aromatic rings. The maximum Gasteiger partial charge on any atom is 0.390 e. The summed E-state index contributed by atoms with van der Waals surface area (Å²) < 4.78 is 0. The minimum atomic E-state index is -0.348. The molecule has 0 fully saturated rings. The van der Waals surface area contributed by atoms with Gasteiger partial charge in [0.15, 0.2) is 0 Å². The van der Waals surface area contributed by atoms with E-state index in [1.165, 1.54) is 0 Å². The number of hydrogen-bond acceptors (Lipinski definition) is 1. The summed E-state index contributed by atoms with van der Waals surface area (Å²) in [4.78, 5) is 17.0. The molecule has 98 valence electrons. The van der Waals surface area contributed by atoms with Crippen molar-refractivity contribution in [3.05, 3.63) is 70.2 Å². The Hall–Kier alpha value is -2.42. The number of anilines is 1. The summed E-state index contributed by atoms with van der Waals surface area (Å²) in [6.45, 7) is 0.409. The molecule has 0 spiro atoms. The Morgan fingerprint density at radius 2 is 1.85 bits per heavy atom.